The first kappa shape index (κ1) is 24.3. The third-order valence-corrected chi connectivity index (χ3v) is 10.7. The SMILES string of the molecule is CCc1cccc2sc(N(Cc3ccccn3)C(=O)C3CCCN3S(=O)(=O)c3ccc(Cl)s3)nc12. The van der Waals surface area contributed by atoms with Gasteiger partial charge in [-0.15, -0.1) is 11.3 Å². The molecule has 0 saturated carbocycles. The highest BCUT2D eigenvalue weighted by Gasteiger charge is 2.42. The topological polar surface area (TPSA) is 83.5 Å². The van der Waals surface area contributed by atoms with Crippen molar-refractivity contribution in [2.24, 2.45) is 0 Å². The normalized spacial score (nSPS) is 16.7. The van der Waals surface area contributed by atoms with E-state index in [1.165, 1.54) is 21.7 Å². The molecule has 0 spiro atoms. The third kappa shape index (κ3) is 4.73. The maximum Gasteiger partial charge on any atom is 0.253 e. The second-order valence-electron chi connectivity index (χ2n) is 8.19. The molecule has 1 aliphatic heterocycles. The lowest BCUT2D eigenvalue weighted by Gasteiger charge is -2.28. The molecule has 0 bridgehead atoms. The average Bonchev–Trinajstić information content (AvgIpc) is 3.62. The third-order valence-electron chi connectivity index (χ3n) is 6.02. The van der Waals surface area contributed by atoms with Crippen LogP contribution in [0.25, 0.3) is 10.2 Å². The zero-order valence-corrected chi connectivity index (χ0v) is 22.1. The van der Waals surface area contributed by atoms with Crippen LogP contribution in [0.5, 0.6) is 0 Å². The Morgan fingerprint density at radius 3 is 2.74 bits per heavy atom. The molecule has 1 aromatic carbocycles. The van der Waals surface area contributed by atoms with Gasteiger partial charge in [-0.3, -0.25) is 14.7 Å². The summed E-state index contributed by atoms with van der Waals surface area (Å²) >= 11 is 8.44. The number of nitrogens with zero attached hydrogens (tertiary/aromatic N) is 4. The Balaban J connectivity index is 1.54. The molecular formula is C24H23ClN4O3S3. The van der Waals surface area contributed by atoms with Gasteiger partial charge in [-0.05, 0) is 55.2 Å². The maximum atomic E-state index is 14.0. The molecular weight excluding hydrogens is 524 g/mol. The van der Waals surface area contributed by atoms with Crippen molar-refractivity contribution in [1.29, 1.82) is 0 Å². The van der Waals surface area contributed by atoms with Crippen molar-refractivity contribution in [2.75, 3.05) is 11.4 Å². The van der Waals surface area contributed by atoms with Crippen LogP contribution in [-0.2, 0) is 27.8 Å². The number of thiophene rings is 1. The first-order chi connectivity index (χ1) is 16.9. The molecule has 11 heteroatoms. The molecule has 0 aliphatic carbocycles. The van der Waals surface area contributed by atoms with E-state index in [1.807, 2.05) is 36.4 Å². The number of carbonyl (C=O) groups excluding carboxylic acids is 1. The van der Waals surface area contributed by atoms with E-state index in [9.17, 15) is 13.2 Å². The number of aromatic nitrogens is 2. The number of fused-ring (bicyclic) bond motifs is 1. The van der Waals surface area contributed by atoms with E-state index >= 15 is 0 Å². The lowest BCUT2D eigenvalue weighted by Crippen LogP contribution is -2.47. The van der Waals surface area contributed by atoms with Crippen LogP contribution in [0.4, 0.5) is 5.13 Å². The van der Waals surface area contributed by atoms with Gasteiger partial charge in [0.05, 0.1) is 26.8 Å². The van der Waals surface area contributed by atoms with Crippen LogP contribution in [0.3, 0.4) is 0 Å². The maximum absolute atomic E-state index is 14.0. The summed E-state index contributed by atoms with van der Waals surface area (Å²) in [6, 6.07) is 13.8. The van der Waals surface area contributed by atoms with Gasteiger partial charge >= 0.3 is 0 Å². The van der Waals surface area contributed by atoms with Crippen molar-refractivity contribution in [3.05, 3.63) is 70.3 Å². The molecule has 4 aromatic rings. The van der Waals surface area contributed by atoms with Crippen LogP contribution >= 0.6 is 34.3 Å². The number of benzene rings is 1. The molecule has 1 amide bonds. The van der Waals surface area contributed by atoms with Gasteiger partial charge in [-0.2, -0.15) is 4.31 Å². The number of halogens is 1. The average molecular weight is 547 g/mol. The molecule has 3 aromatic heterocycles. The number of pyridine rings is 1. The number of carbonyl (C=O) groups is 1. The van der Waals surface area contributed by atoms with Gasteiger partial charge in [0.1, 0.15) is 10.3 Å². The van der Waals surface area contributed by atoms with Gasteiger partial charge in [0, 0.05) is 12.7 Å². The minimum Gasteiger partial charge on any atom is -0.281 e. The van der Waals surface area contributed by atoms with E-state index in [0.717, 1.165) is 33.5 Å². The summed E-state index contributed by atoms with van der Waals surface area (Å²) in [6.45, 7) is 2.56. The highest BCUT2D eigenvalue weighted by atomic mass is 35.5. The number of anilines is 1. The molecule has 0 N–H and O–H groups in total. The Hall–Kier alpha value is -2.37. The van der Waals surface area contributed by atoms with Crippen molar-refractivity contribution >= 4 is 65.6 Å². The van der Waals surface area contributed by atoms with Crippen LogP contribution in [0.15, 0.2) is 58.9 Å². The second kappa shape index (κ2) is 9.94. The van der Waals surface area contributed by atoms with E-state index in [4.69, 9.17) is 16.6 Å². The molecule has 182 valence electrons. The van der Waals surface area contributed by atoms with E-state index < -0.39 is 16.1 Å². The predicted octanol–water partition coefficient (Wildman–Crippen LogP) is 5.36. The number of hydrogen-bond acceptors (Lipinski definition) is 7. The Morgan fingerprint density at radius 2 is 2.03 bits per heavy atom. The van der Waals surface area contributed by atoms with Crippen molar-refractivity contribution in [2.45, 2.75) is 43.0 Å². The van der Waals surface area contributed by atoms with Crippen LogP contribution in [0, 0.1) is 0 Å². The zero-order valence-electron chi connectivity index (χ0n) is 18.9. The van der Waals surface area contributed by atoms with Crippen LogP contribution in [0.2, 0.25) is 4.34 Å². The van der Waals surface area contributed by atoms with Crippen molar-refractivity contribution in [1.82, 2.24) is 14.3 Å². The van der Waals surface area contributed by atoms with Gasteiger partial charge in [0.15, 0.2) is 5.13 Å². The standard InChI is InChI=1S/C24H23ClN4O3S3/c1-2-16-7-5-10-19-22(16)27-24(33-19)28(15-17-8-3-4-13-26-17)23(30)18-9-6-14-29(18)35(31,32)21-12-11-20(25)34-21/h3-5,7-8,10-13,18H,2,6,9,14-15H2,1H3. The summed E-state index contributed by atoms with van der Waals surface area (Å²) in [6.07, 6.45) is 3.55. The predicted molar refractivity (Wildman–Crippen MR) is 141 cm³/mol. The fourth-order valence-corrected chi connectivity index (χ4v) is 8.58. The number of rotatable bonds is 7. The number of thiazole rings is 1. The molecule has 1 atom stereocenters. The van der Waals surface area contributed by atoms with Gasteiger partial charge < -0.3 is 0 Å². The summed E-state index contributed by atoms with van der Waals surface area (Å²) in [7, 11) is -3.85. The van der Waals surface area contributed by atoms with Gasteiger partial charge in [-0.25, -0.2) is 13.4 Å². The van der Waals surface area contributed by atoms with Gasteiger partial charge in [-0.1, -0.05) is 48.1 Å². The minimum absolute atomic E-state index is 0.144. The summed E-state index contributed by atoms with van der Waals surface area (Å²) < 4.78 is 29.6. The molecule has 1 unspecified atom stereocenters. The summed E-state index contributed by atoms with van der Waals surface area (Å²) in [5, 5.41) is 0.542. The highest BCUT2D eigenvalue weighted by molar-refractivity contribution is 7.91. The quantitative estimate of drug-likeness (QED) is 0.312. The Labute approximate surface area is 217 Å². The Morgan fingerprint density at radius 1 is 1.17 bits per heavy atom. The number of para-hydroxylation sites is 1. The fraction of sp³-hybridized carbons (Fsp3) is 0.292. The molecule has 1 aliphatic rings. The molecule has 35 heavy (non-hydrogen) atoms. The van der Waals surface area contributed by atoms with Crippen LogP contribution in [-0.4, -0.2) is 41.2 Å². The summed E-state index contributed by atoms with van der Waals surface area (Å²) in [5.74, 6) is -0.295. The Bertz CT molecular complexity index is 1470. The number of aryl methyl sites for hydroxylation is 1. The van der Waals surface area contributed by atoms with E-state index in [0.29, 0.717) is 28.0 Å². The monoisotopic (exact) mass is 546 g/mol. The minimum atomic E-state index is -3.85. The smallest absolute Gasteiger partial charge is 0.253 e. The second-order valence-corrected chi connectivity index (χ2v) is 13.0. The molecule has 5 rings (SSSR count). The first-order valence-electron chi connectivity index (χ1n) is 11.3. The number of hydrogen-bond donors (Lipinski definition) is 0. The number of amides is 1. The lowest BCUT2D eigenvalue weighted by atomic mass is 10.1. The molecule has 0 radical (unpaired) electrons. The summed E-state index contributed by atoms with van der Waals surface area (Å²) in [4.78, 5) is 24.8. The Kier molecular flexibility index (Phi) is 6.91. The summed E-state index contributed by atoms with van der Waals surface area (Å²) in [5.41, 5.74) is 2.68. The van der Waals surface area contributed by atoms with Gasteiger partial charge in [0.2, 0.25) is 5.91 Å². The van der Waals surface area contributed by atoms with E-state index in [-0.39, 0.29) is 23.2 Å². The van der Waals surface area contributed by atoms with Crippen molar-refractivity contribution in [3.63, 3.8) is 0 Å². The number of sulfonamides is 1. The van der Waals surface area contributed by atoms with E-state index in [1.54, 1.807) is 17.2 Å². The van der Waals surface area contributed by atoms with Crippen molar-refractivity contribution < 1.29 is 13.2 Å². The molecule has 1 fully saturated rings. The largest absolute Gasteiger partial charge is 0.281 e. The molecule has 4 heterocycles. The molecule has 7 nitrogen and oxygen atoms in total. The fourth-order valence-electron chi connectivity index (χ4n) is 4.29. The highest BCUT2D eigenvalue weighted by Crippen LogP contribution is 2.36. The van der Waals surface area contributed by atoms with Gasteiger partial charge in [0.25, 0.3) is 10.0 Å². The lowest BCUT2D eigenvalue weighted by molar-refractivity contribution is -0.121. The zero-order chi connectivity index (χ0) is 24.6. The molecule has 1 saturated heterocycles. The van der Waals surface area contributed by atoms with E-state index in [2.05, 4.69) is 11.9 Å². The van der Waals surface area contributed by atoms with Crippen molar-refractivity contribution in [3.8, 4) is 0 Å². The van der Waals surface area contributed by atoms with Crippen LogP contribution < -0.4 is 4.90 Å². The van der Waals surface area contributed by atoms with Crippen LogP contribution in [0.1, 0.15) is 31.0 Å². The first-order valence-corrected chi connectivity index (χ1v) is 14.7.